The van der Waals surface area contributed by atoms with E-state index in [1.807, 2.05) is 0 Å². The number of aryl methyl sites for hydroxylation is 1. The van der Waals surface area contributed by atoms with Crippen LogP contribution in [0.25, 0.3) is 10.9 Å². The van der Waals surface area contributed by atoms with Crippen LogP contribution in [0.15, 0.2) is 36.4 Å². The highest BCUT2D eigenvalue weighted by atomic mass is 35.5. The zero-order valence-corrected chi connectivity index (χ0v) is 15.9. The summed E-state index contributed by atoms with van der Waals surface area (Å²) in [5, 5.41) is 5.27. The lowest BCUT2D eigenvalue weighted by molar-refractivity contribution is 0.414. The van der Waals surface area contributed by atoms with E-state index in [1.54, 1.807) is 55.2 Å². The van der Waals surface area contributed by atoms with Crippen molar-refractivity contribution in [3.63, 3.8) is 0 Å². The molecule has 0 aliphatic carbocycles. The Bertz CT molecular complexity index is 1050. The Hall–Kier alpha value is -2.29. The summed E-state index contributed by atoms with van der Waals surface area (Å²) in [6, 6.07) is 10.5. The van der Waals surface area contributed by atoms with Crippen molar-refractivity contribution in [1.82, 2.24) is 14.5 Å². The number of nitrogen functional groups attached to an aromatic ring is 1. The van der Waals surface area contributed by atoms with Crippen LogP contribution in [-0.2, 0) is 29.4 Å². The first kappa shape index (κ1) is 18.5. The molecule has 0 aliphatic rings. The second-order valence-corrected chi connectivity index (χ2v) is 8.07. The first-order valence-electron chi connectivity index (χ1n) is 7.80. The molecule has 3 aromatic rings. The predicted molar refractivity (Wildman–Crippen MR) is 103 cm³/mol. The van der Waals surface area contributed by atoms with E-state index in [2.05, 4.69) is 9.82 Å². The molecular weight excluding hydrogens is 376 g/mol. The molecule has 0 bridgehead atoms. The molecule has 0 atom stereocenters. The summed E-state index contributed by atoms with van der Waals surface area (Å²) in [4.78, 5) is 0. The standard InChI is InChI=1S/C17H19ClN4O3S/c1-22-17-14(19)8-7-13(18)16(17)15(21-22)10-26(23,24)20-9-11-3-5-12(25-2)6-4-11/h3-8,20H,9-10,19H2,1-2H3. The number of ether oxygens (including phenoxy) is 1. The fraction of sp³-hybridized carbons (Fsp3) is 0.235. The highest BCUT2D eigenvalue weighted by molar-refractivity contribution is 7.88. The van der Waals surface area contributed by atoms with E-state index in [0.29, 0.717) is 33.1 Å². The van der Waals surface area contributed by atoms with E-state index >= 15 is 0 Å². The van der Waals surface area contributed by atoms with Gasteiger partial charge in [0.1, 0.15) is 11.5 Å². The van der Waals surface area contributed by atoms with Crippen LogP contribution in [-0.4, -0.2) is 25.3 Å². The molecule has 0 amide bonds. The fourth-order valence-corrected chi connectivity index (χ4v) is 4.07. The van der Waals surface area contributed by atoms with Crippen molar-refractivity contribution in [3.05, 3.63) is 52.7 Å². The normalized spacial score (nSPS) is 11.8. The molecule has 0 spiro atoms. The van der Waals surface area contributed by atoms with Gasteiger partial charge in [0.05, 0.1) is 29.0 Å². The van der Waals surface area contributed by atoms with Crippen molar-refractivity contribution in [2.75, 3.05) is 12.8 Å². The van der Waals surface area contributed by atoms with Gasteiger partial charge in [-0.05, 0) is 29.8 Å². The number of sulfonamides is 1. The van der Waals surface area contributed by atoms with Crippen molar-refractivity contribution >= 4 is 38.2 Å². The number of benzene rings is 2. The number of halogens is 1. The summed E-state index contributed by atoms with van der Waals surface area (Å²) in [5.41, 5.74) is 8.27. The SMILES string of the molecule is COc1ccc(CNS(=O)(=O)Cc2nn(C)c3c(N)ccc(Cl)c23)cc1. The summed E-state index contributed by atoms with van der Waals surface area (Å²) >= 11 is 6.24. The number of nitrogens with one attached hydrogen (secondary N) is 1. The smallest absolute Gasteiger partial charge is 0.217 e. The second-order valence-electron chi connectivity index (χ2n) is 5.86. The fourth-order valence-electron chi connectivity index (χ4n) is 2.76. The molecule has 3 N–H and O–H groups in total. The molecule has 138 valence electrons. The largest absolute Gasteiger partial charge is 0.497 e. The van der Waals surface area contributed by atoms with Crippen LogP contribution in [0.5, 0.6) is 5.75 Å². The van der Waals surface area contributed by atoms with Gasteiger partial charge in [0.15, 0.2) is 0 Å². The molecule has 0 aliphatic heterocycles. The zero-order chi connectivity index (χ0) is 18.9. The van der Waals surface area contributed by atoms with Crippen molar-refractivity contribution in [2.45, 2.75) is 12.3 Å². The van der Waals surface area contributed by atoms with Crippen LogP contribution in [0.2, 0.25) is 5.02 Å². The summed E-state index contributed by atoms with van der Waals surface area (Å²) in [5.74, 6) is 0.424. The lowest BCUT2D eigenvalue weighted by Gasteiger charge is -2.07. The monoisotopic (exact) mass is 394 g/mol. The molecule has 2 aromatic carbocycles. The first-order valence-corrected chi connectivity index (χ1v) is 9.83. The Balaban J connectivity index is 1.81. The van der Waals surface area contributed by atoms with Crippen molar-refractivity contribution in [2.24, 2.45) is 7.05 Å². The van der Waals surface area contributed by atoms with Gasteiger partial charge >= 0.3 is 0 Å². The van der Waals surface area contributed by atoms with Gasteiger partial charge in [0.2, 0.25) is 10.0 Å². The lowest BCUT2D eigenvalue weighted by Crippen LogP contribution is -2.25. The third-order valence-corrected chi connectivity index (χ3v) is 5.58. The topological polar surface area (TPSA) is 99.2 Å². The van der Waals surface area contributed by atoms with Gasteiger partial charge in [-0.15, -0.1) is 0 Å². The van der Waals surface area contributed by atoms with E-state index < -0.39 is 10.0 Å². The molecule has 26 heavy (non-hydrogen) atoms. The first-order chi connectivity index (χ1) is 12.3. The number of fused-ring (bicyclic) bond motifs is 1. The number of hydrogen-bond donors (Lipinski definition) is 2. The number of nitrogens with two attached hydrogens (primary N) is 1. The number of aromatic nitrogens is 2. The van der Waals surface area contributed by atoms with Crippen LogP contribution >= 0.6 is 11.6 Å². The Morgan fingerprint density at radius 1 is 1.23 bits per heavy atom. The van der Waals surface area contributed by atoms with Crippen molar-refractivity contribution in [3.8, 4) is 5.75 Å². The van der Waals surface area contributed by atoms with Crippen LogP contribution < -0.4 is 15.2 Å². The molecule has 7 nitrogen and oxygen atoms in total. The van der Waals surface area contributed by atoms with Gasteiger partial charge in [-0.1, -0.05) is 23.7 Å². The lowest BCUT2D eigenvalue weighted by atomic mass is 10.2. The molecule has 9 heteroatoms. The Kier molecular flexibility index (Phi) is 5.08. The summed E-state index contributed by atoms with van der Waals surface area (Å²) in [6.07, 6.45) is 0. The third kappa shape index (κ3) is 3.77. The van der Waals surface area contributed by atoms with Gasteiger partial charge in [0, 0.05) is 19.0 Å². The Morgan fingerprint density at radius 3 is 2.58 bits per heavy atom. The van der Waals surface area contributed by atoms with Gasteiger partial charge in [-0.3, -0.25) is 4.68 Å². The maximum atomic E-state index is 12.5. The number of anilines is 1. The van der Waals surface area contributed by atoms with Crippen LogP contribution in [0, 0.1) is 0 Å². The minimum absolute atomic E-state index is 0.174. The van der Waals surface area contributed by atoms with Gasteiger partial charge in [-0.25, -0.2) is 13.1 Å². The summed E-state index contributed by atoms with van der Waals surface area (Å²) < 4.78 is 34.2. The molecule has 0 fully saturated rings. The minimum atomic E-state index is -3.61. The van der Waals surface area contributed by atoms with Crippen LogP contribution in [0.3, 0.4) is 0 Å². The van der Waals surface area contributed by atoms with E-state index in [9.17, 15) is 8.42 Å². The Morgan fingerprint density at radius 2 is 1.92 bits per heavy atom. The predicted octanol–water partition coefficient (Wildman–Crippen LogP) is 2.44. The highest BCUT2D eigenvalue weighted by Gasteiger charge is 2.20. The molecule has 0 saturated heterocycles. The summed E-state index contributed by atoms with van der Waals surface area (Å²) in [6.45, 7) is 0.174. The molecule has 1 heterocycles. The highest BCUT2D eigenvalue weighted by Crippen LogP contribution is 2.31. The van der Waals surface area contributed by atoms with Crippen molar-refractivity contribution in [1.29, 1.82) is 0 Å². The van der Waals surface area contributed by atoms with E-state index in [-0.39, 0.29) is 12.3 Å². The number of hydrogen-bond acceptors (Lipinski definition) is 5. The molecule has 1 aromatic heterocycles. The second kappa shape index (κ2) is 7.14. The van der Waals surface area contributed by atoms with Crippen LogP contribution in [0.4, 0.5) is 5.69 Å². The minimum Gasteiger partial charge on any atom is -0.497 e. The number of nitrogens with zero attached hydrogens (tertiary/aromatic N) is 2. The average molecular weight is 395 g/mol. The molecular formula is C17H19ClN4O3S. The van der Waals surface area contributed by atoms with Gasteiger partial charge in [0.25, 0.3) is 0 Å². The maximum Gasteiger partial charge on any atom is 0.217 e. The summed E-state index contributed by atoms with van der Waals surface area (Å²) in [7, 11) is -0.332. The molecule has 0 unspecified atom stereocenters. The van der Waals surface area contributed by atoms with Gasteiger partial charge < -0.3 is 10.5 Å². The zero-order valence-electron chi connectivity index (χ0n) is 14.4. The van der Waals surface area contributed by atoms with E-state index in [0.717, 1.165) is 5.56 Å². The van der Waals surface area contributed by atoms with E-state index in [4.69, 9.17) is 22.1 Å². The van der Waals surface area contributed by atoms with Crippen LogP contribution in [0.1, 0.15) is 11.3 Å². The van der Waals surface area contributed by atoms with Crippen molar-refractivity contribution < 1.29 is 13.2 Å². The molecule has 0 radical (unpaired) electrons. The maximum absolute atomic E-state index is 12.5. The number of rotatable bonds is 6. The molecule has 0 saturated carbocycles. The molecule has 3 rings (SSSR count). The quantitative estimate of drug-likeness (QED) is 0.625. The average Bonchev–Trinajstić information content (AvgIpc) is 2.93. The third-order valence-electron chi connectivity index (χ3n) is 4.02. The number of methoxy groups -OCH3 is 1. The van der Waals surface area contributed by atoms with E-state index in [1.165, 1.54) is 0 Å². The van der Waals surface area contributed by atoms with Gasteiger partial charge in [-0.2, -0.15) is 5.10 Å². The Labute approximate surface area is 156 Å².